The zero-order valence-corrected chi connectivity index (χ0v) is 25.4. The number of nitrogens with zero attached hydrogens (tertiary/aromatic N) is 4. The van der Waals surface area contributed by atoms with Crippen LogP contribution in [0.15, 0.2) is 59.5 Å². The number of hydrogen-bond acceptors (Lipinski definition) is 5. The van der Waals surface area contributed by atoms with Gasteiger partial charge in [0.25, 0.3) is 5.91 Å². The van der Waals surface area contributed by atoms with Crippen molar-refractivity contribution in [2.45, 2.75) is 88.5 Å². The van der Waals surface area contributed by atoms with E-state index in [2.05, 4.69) is 49.3 Å². The molecule has 8 nitrogen and oxygen atoms in total. The second-order valence-electron chi connectivity index (χ2n) is 12.4. The Morgan fingerprint density at radius 3 is 2.12 bits per heavy atom. The number of ether oxygens (including phenoxy) is 1. The Kier molecular flexibility index (Phi) is 7.63. The third-order valence-electron chi connectivity index (χ3n) is 9.10. The first-order valence-electron chi connectivity index (χ1n) is 15.1. The van der Waals surface area contributed by atoms with Gasteiger partial charge in [0.15, 0.2) is 0 Å². The van der Waals surface area contributed by atoms with Gasteiger partial charge in [-0.25, -0.2) is 8.42 Å². The predicted octanol–water partition coefficient (Wildman–Crippen LogP) is 5.15. The van der Waals surface area contributed by atoms with E-state index in [1.807, 2.05) is 12.1 Å². The van der Waals surface area contributed by atoms with Crippen LogP contribution in [0.5, 0.6) is 5.75 Å². The molecule has 0 N–H and O–H groups in total. The summed E-state index contributed by atoms with van der Waals surface area (Å²) in [6.07, 6.45) is 4.87. The van der Waals surface area contributed by atoms with Crippen LogP contribution < -0.4 is 4.74 Å². The van der Waals surface area contributed by atoms with Crippen LogP contribution >= 0.6 is 0 Å². The van der Waals surface area contributed by atoms with Gasteiger partial charge in [-0.1, -0.05) is 18.2 Å². The van der Waals surface area contributed by atoms with Crippen LogP contribution in [0.25, 0.3) is 10.9 Å². The quantitative estimate of drug-likeness (QED) is 0.388. The number of piperidine rings is 1. The Bertz CT molecular complexity index is 1500. The zero-order chi connectivity index (χ0) is 28.9. The largest absolute Gasteiger partial charge is 0.490 e. The van der Waals surface area contributed by atoms with Gasteiger partial charge >= 0.3 is 0 Å². The third kappa shape index (κ3) is 5.28. The first-order chi connectivity index (χ1) is 19.6. The number of carbonyl (C=O) groups excluding carboxylic acids is 1. The highest BCUT2D eigenvalue weighted by Gasteiger charge is 2.42. The van der Waals surface area contributed by atoms with E-state index in [4.69, 9.17) is 4.74 Å². The summed E-state index contributed by atoms with van der Waals surface area (Å²) in [4.78, 5) is 18.5. The topological polar surface area (TPSA) is 75.1 Å². The molecule has 2 aromatic carbocycles. The summed E-state index contributed by atoms with van der Waals surface area (Å²) >= 11 is 0. The van der Waals surface area contributed by atoms with Gasteiger partial charge < -0.3 is 14.2 Å². The van der Waals surface area contributed by atoms with E-state index in [-0.39, 0.29) is 36.0 Å². The molecular formula is C32H42N4O4S. The van der Waals surface area contributed by atoms with Crippen LogP contribution in [-0.4, -0.2) is 83.4 Å². The van der Waals surface area contributed by atoms with Crippen molar-refractivity contribution in [1.82, 2.24) is 18.7 Å². The molecular weight excluding hydrogens is 536 g/mol. The Morgan fingerprint density at radius 2 is 1.51 bits per heavy atom. The normalized spacial score (nSPS) is 24.0. The van der Waals surface area contributed by atoms with Crippen LogP contribution in [-0.2, 0) is 10.0 Å². The van der Waals surface area contributed by atoms with Crippen LogP contribution in [0, 0.1) is 0 Å². The van der Waals surface area contributed by atoms with E-state index in [0.29, 0.717) is 36.9 Å². The maximum absolute atomic E-state index is 13.8. The monoisotopic (exact) mass is 578 g/mol. The van der Waals surface area contributed by atoms with Gasteiger partial charge in [-0.05, 0) is 89.8 Å². The highest BCUT2D eigenvalue weighted by atomic mass is 32.2. The molecule has 1 aromatic heterocycles. The molecule has 3 atom stereocenters. The SMILES string of the molecule is CC(C)N1[C@@H]2CC[C@H]1C[C@H](Oc1ccc3c(c1)cc(C(=O)N1CCN(S(=O)(=O)c4ccccc4)CC1)n3C(C)C)C2. The van der Waals surface area contributed by atoms with E-state index in [1.165, 1.54) is 17.1 Å². The summed E-state index contributed by atoms with van der Waals surface area (Å²) in [5, 5.41) is 0.993. The van der Waals surface area contributed by atoms with Crippen molar-refractivity contribution in [2.24, 2.45) is 0 Å². The minimum atomic E-state index is -3.57. The van der Waals surface area contributed by atoms with Crippen LogP contribution in [0.2, 0.25) is 0 Å². The van der Waals surface area contributed by atoms with Crippen molar-refractivity contribution in [3.8, 4) is 5.75 Å². The number of aromatic nitrogens is 1. The summed E-state index contributed by atoms with van der Waals surface area (Å²) in [6.45, 7) is 10.0. The van der Waals surface area contributed by atoms with Crippen molar-refractivity contribution in [3.63, 3.8) is 0 Å². The van der Waals surface area contributed by atoms with Crippen molar-refractivity contribution in [2.75, 3.05) is 26.2 Å². The summed E-state index contributed by atoms with van der Waals surface area (Å²) in [5.74, 6) is 0.797. The second kappa shape index (κ2) is 11.1. The molecule has 0 saturated carbocycles. The molecule has 6 rings (SSSR count). The molecule has 220 valence electrons. The van der Waals surface area contributed by atoms with E-state index >= 15 is 0 Å². The number of hydrogen-bond donors (Lipinski definition) is 0. The van der Waals surface area contributed by atoms with Gasteiger partial charge in [0.05, 0.1) is 4.90 Å². The predicted molar refractivity (Wildman–Crippen MR) is 161 cm³/mol. The molecule has 9 heteroatoms. The van der Waals surface area contributed by atoms with Gasteiger partial charge in [-0.3, -0.25) is 9.69 Å². The minimum Gasteiger partial charge on any atom is -0.490 e. The molecule has 2 bridgehead atoms. The molecule has 0 radical (unpaired) electrons. The molecule has 3 aromatic rings. The molecule has 4 heterocycles. The minimum absolute atomic E-state index is 0.0632. The highest BCUT2D eigenvalue weighted by molar-refractivity contribution is 7.89. The first kappa shape index (κ1) is 28.2. The van der Waals surface area contributed by atoms with Gasteiger partial charge in [0.2, 0.25) is 10.0 Å². The van der Waals surface area contributed by atoms with E-state index in [0.717, 1.165) is 29.5 Å². The smallest absolute Gasteiger partial charge is 0.270 e. The summed E-state index contributed by atoms with van der Waals surface area (Å²) in [5.41, 5.74) is 1.64. The lowest BCUT2D eigenvalue weighted by molar-refractivity contribution is 0.0308. The van der Waals surface area contributed by atoms with E-state index in [1.54, 1.807) is 35.2 Å². The van der Waals surface area contributed by atoms with Gasteiger partial charge in [0, 0.05) is 61.2 Å². The van der Waals surface area contributed by atoms with Crippen molar-refractivity contribution in [1.29, 1.82) is 0 Å². The lowest BCUT2D eigenvalue weighted by atomic mass is 9.98. The number of piperazine rings is 1. The molecule has 41 heavy (non-hydrogen) atoms. The van der Waals surface area contributed by atoms with Crippen molar-refractivity contribution in [3.05, 3.63) is 60.3 Å². The van der Waals surface area contributed by atoms with Crippen LogP contribution in [0.1, 0.15) is 69.9 Å². The fourth-order valence-electron chi connectivity index (χ4n) is 7.34. The maximum atomic E-state index is 13.8. The van der Waals surface area contributed by atoms with E-state index < -0.39 is 10.0 Å². The average molecular weight is 579 g/mol. The van der Waals surface area contributed by atoms with Gasteiger partial charge in [-0.2, -0.15) is 4.31 Å². The van der Waals surface area contributed by atoms with Crippen molar-refractivity contribution >= 4 is 26.8 Å². The molecule has 3 aliphatic rings. The molecule has 0 aliphatic carbocycles. The average Bonchev–Trinajstić information content (AvgIpc) is 3.48. The second-order valence-corrected chi connectivity index (χ2v) is 14.3. The number of benzene rings is 2. The molecule has 0 unspecified atom stereocenters. The molecule has 3 aliphatic heterocycles. The Labute approximate surface area is 243 Å². The van der Waals surface area contributed by atoms with Gasteiger partial charge in [0.1, 0.15) is 17.5 Å². The fourth-order valence-corrected chi connectivity index (χ4v) is 8.78. The first-order valence-corrected chi connectivity index (χ1v) is 16.5. The molecule has 0 spiro atoms. The lowest BCUT2D eigenvalue weighted by Crippen LogP contribution is -2.50. The Hall–Kier alpha value is -2.88. The number of carbonyl (C=O) groups is 1. The summed E-state index contributed by atoms with van der Waals surface area (Å²) < 4.78 is 36.2. The lowest BCUT2D eigenvalue weighted by Gasteiger charge is -2.41. The Balaban J connectivity index is 1.17. The summed E-state index contributed by atoms with van der Waals surface area (Å²) in [6, 6.07) is 18.5. The maximum Gasteiger partial charge on any atom is 0.270 e. The Morgan fingerprint density at radius 1 is 0.854 bits per heavy atom. The van der Waals surface area contributed by atoms with E-state index in [9.17, 15) is 13.2 Å². The highest BCUT2D eigenvalue weighted by Crippen LogP contribution is 2.39. The summed E-state index contributed by atoms with van der Waals surface area (Å²) in [7, 11) is -3.57. The molecule has 3 fully saturated rings. The molecule has 1 amide bonds. The van der Waals surface area contributed by atoms with Crippen LogP contribution in [0.3, 0.4) is 0 Å². The molecule has 3 saturated heterocycles. The number of fused-ring (bicyclic) bond motifs is 3. The number of sulfonamides is 1. The van der Waals surface area contributed by atoms with Crippen LogP contribution in [0.4, 0.5) is 0 Å². The van der Waals surface area contributed by atoms with Gasteiger partial charge in [-0.15, -0.1) is 0 Å². The number of rotatable bonds is 7. The zero-order valence-electron chi connectivity index (χ0n) is 24.6. The third-order valence-corrected chi connectivity index (χ3v) is 11.0. The standard InChI is InChI=1S/C32H42N4O4S/c1-22(2)35-25-10-11-26(35)21-28(20-25)40-27-12-13-30-24(18-27)19-31(36(30)23(3)4)32(37)33-14-16-34(17-15-33)41(38,39)29-8-6-5-7-9-29/h5-9,12-13,18-19,22-23,25-26,28H,10-11,14-17,20-21H2,1-4H3/t25-,26+,28-. The number of amides is 1. The fraction of sp³-hybridized carbons (Fsp3) is 0.531. The van der Waals surface area contributed by atoms with Crippen molar-refractivity contribution < 1.29 is 17.9 Å².